The van der Waals surface area contributed by atoms with Gasteiger partial charge in [-0.3, -0.25) is 15.6 Å². The average Bonchev–Trinajstić information content (AvgIpc) is 2.89. The highest BCUT2D eigenvalue weighted by molar-refractivity contribution is 5.93. The lowest BCUT2D eigenvalue weighted by atomic mass is 9.98. The Bertz CT molecular complexity index is 460. The maximum atomic E-state index is 11.7. The fourth-order valence-electron chi connectivity index (χ4n) is 2.46. The molecule has 0 saturated carbocycles. The van der Waals surface area contributed by atoms with Crippen molar-refractivity contribution in [3.63, 3.8) is 0 Å². The monoisotopic (exact) mass is 291 g/mol. The average molecular weight is 291 g/mol. The number of hydrogen-bond acceptors (Lipinski definition) is 5. The van der Waals surface area contributed by atoms with Crippen LogP contribution in [0, 0.1) is 5.92 Å². The molecular formula is C15H25N5O. The minimum atomic E-state index is -0.0238. The first kappa shape index (κ1) is 15.7. The van der Waals surface area contributed by atoms with Gasteiger partial charge < -0.3 is 10.2 Å². The number of aromatic nitrogens is 1. The molecule has 116 valence electrons. The van der Waals surface area contributed by atoms with Crippen molar-refractivity contribution in [2.24, 2.45) is 5.92 Å². The highest BCUT2D eigenvalue weighted by Crippen LogP contribution is 2.14. The van der Waals surface area contributed by atoms with Gasteiger partial charge in [0, 0.05) is 39.4 Å². The van der Waals surface area contributed by atoms with Crippen LogP contribution in [0.15, 0.2) is 18.3 Å². The van der Waals surface area contributed by atoms with Gasteiger partial charge in [-0.15, -0.1) is 0 Å². The largest absolute Gasteiger partial charge is 0.370 e. The van der Waals surface area contributed by atoms with Crippen molar-refractivity contribution in [2.75, 3.05) is 32.5 Å². The van der Waals surface area contributed by atoms with Crippen molar-refractivity contribution in [3.05, 3.63) is 23.9 Å². The predicted octanol–water partition coefficient (Wildman–Crippen LogP) is 1.09. The Balaban J connectivity index is 1.72. The molecule has 6 nitrogen and oxygen atoms in total. The van der Waals surface area contributed by atoms with E-state index in [0.717, 1.165) is 25.3 Å². The number of nitrogens with one attached hydrogen (secondary N) is 3. The molecule has 1 amide bonds. The Labute approximate surface area is 126 Å². The molecule has 1 fully saturated rings. The standard InChI is InChI=1S/C15H25N5O/c1-11-12(10-18-19-11)5-4-8-16-14-7-6-13(9-17-14)15(21)20(2)3/h6-7,9,11-12,18-19H,4-5,8,10H2,1-3H3,(H,16,17). The van der Waals surface area contributed by atoms with Gasteiger partial charge >= 0.3 is 0 Å². The van der Waals surface area contributed by atoms with Crippen LogP contribution in [-0.2, 0) is 0 Å². The van der Waals surface area contributed by atoms with Crippen LogP contribution in [0.3, 0.4) is 0 Å². The van der Waals surface area contributed by atoms with Crippen molar-refractivity contribution in [2.45, 2.75) is 25.8 Å². The quantitative estimate of drug-likeness (QED) is 0.685. The second kappa shape index (κ2) is 7.38. The summed E-state index contributed by atoms with van der Waals surface area (Å²) in [5.74, 6) is 1.49. The molecular weight excluding hydrogens is 266 g/mol. The van der Waals surface area contributed by atoms with Crippen LogP contribution in [0.2, 0.25) is 0 Å². The minimum Gasteiger partial charge on any atom is -0.370 e. The molecule has 0 aromatic carbocycles. The second-order valence-electron chi connectivity index (χ2n) is 5.77. The highest BCUT2D eigenvalue weighted by Gasteiger charge is 2.21. The molecule has 21 heavy (non-hydrogen) atoms. The van der Waals surface area contributed by atoms with E-state index in [9.17, 15) is 4.79 Å². The molecule has 1 aliphatic rings. The van der Waals surface area contributed by atoms with Crippen LogP contribution in [0.4, 0.5) is 5.82 Å². The van der Waals surface area contributed by atoms with Gasteiger partial charge in [0.05, 0.1) is 5.56 Å². The Morgan fingerprint density at radius 2 is 2.29 bits per heavy atom. The van der Waals surface area contributed by atoms with Crippen LogP contribution in [0.25, 0.3) is 0 Å². The number of hydrogen-bond donors (Lipinski definition) is 3. The summed E-state index contributed by atoms with van der Waals surface area (Å²) in [6.45, 7) is 4.15. The smallest absolute Gasteiger partial charge is 0.254 e. The van der Waals surface area contributed by atoms with E-state index in [4.69, 9.17) is 0 Å². The number of nitrogens with zero attached hydrogens (tertiary/aromatic N) is 2. The van der Waals surface area contributed by atoms with E-state index in [0.29, 0.717) is 17.5 Å². The SMILES string of the molecule is CC1NNCC1CCCNc1ccc(C(=O)N(C)C)cn1. The number of pyridine rings is 1. The third-order valence-corrected chi connectivity index (χ3v) is 3.88. The van der Waals surface area contributed by atoms with Gasteiger partial charge in [-0.1, -0.05) is 0 Å². The van der Waals surface area contributed by atoms with Gasteiger partial charge in [-0.2, -0.15) is 0 Å². The molecule has 2 rings (SSSR count). The van der Waals surface area contributed by atoms with Gasteiger partial charge in [0.25, 0.3) is 5.91 Å². The molecule has 3 N–H and O–H groups in total. The van der Waals surface area contributed by atoms with Crippen LogP contribution in [-0.4, -0.2) is 49.0 Å². The van der Waals surface area contributed by atoms with Crippen LogP contribution in [0.5, 0.6) is 0 Å². The Kier molecular flexibility index (Phi) is 5.52. The molecule has 1 aliphatic heterocycles. The summed E-state index contributed by atoms with van der Waals surface area (Å²) in [5, 5.41) is 3.30. The zero-order chi connectivity index (χ0) is 15.2. The third kappa shape index (κ3) is 4.41. The van der Waals surface area contributed by atoms with Crippen LogP contribution < -0.4 is 16.2 Å². The molecule has 6 heteroatoms. The first-order valence-corrected chi connectivity index (χ1v) is 7.48. The van der Waals surface area contributed by atoms with Gasteiger partial charge in [-0.05, 0) is 37.8 Å². The summed E-state index contributed by atoms with van der Waals surface area (Å²) >= 11 is 0. The molecule has 1 saturated heterocycles. The van der Waals surface area contributed by atoms with Crippen molar-refractivity contribution in [3.8, 4) is 0 Å². The van der Waals surface area contributed by atoms with Gasteiger partial charge in [0.15, 0.2) is 0 Å². The van der Waals surface area contributed by atoms with E-state index >= 15 is 0 Å². The van der Waals surface area contributed by atoms with Crippen molar-refractivity contribution in [1.82, 2.24) is 20.7 Å². The predicted molar refractivity (Wildman–Crippen MR) is 84.1 cm³/mol. The normalized spacial score (nSPS) is 21.3. The zero-order valence-corrected chi connectivity index (χ0v) is 13.0. The van der Waals surface area contributed by atoms with Gasteiger partial charge in [0.1, 0.15) is 5.82 Å². The number of anilines is 1. The Hall–Kier alpha value is -1.66. The number of amides is 1. The first-order valence-electron chi connectivity index (χ1n) is 7.48. The first-order chi connectivity index (χ1) is 10.1. The summed E-state index contributed by atoms with van der Waals surface area (Å²) in [5.41, 5.74) is 7.04. The Morgan fingerprint density at radius 1 is 1.48 bits per heavy atom. The maximum Gasteiger partial charge on any atom is 0.254 e. The molecule has 2 atom stereocenters. The van der Waals surface area contributed by atoms with E-state index in [2.05, 4.69) is 28.1 Å². The topological polar surface area (TPSA) is 69.3 Å². The van der Waals surface area contributed by atoms with Gasteiger partial charge in [-0.25, -0.2) is 4.98 Å². The van der Waals surface area contributed by atoms with Crippen molar-refractivity contribution >= 4 is 11.7 Å². The number of rotatable bonds is 6. The Morgan fingerprint density at radius 3 is 2.86 bits per heavy atom. The third-order valence-electron chi connectivity index (χ3n) is 3.88. The van der Waals surface area contributed by atoms with Crippen LogP contribution >= 0.6 is 0 Å². The molecule has 0 spiro atoms. The summed E-state index contributed by atoms with van der Waals surface area (Å²) in [6, 6.07) is 4.21. The second-order valence-corrected chi connectivity index (χ2v) is 5.77. The van der Waals surface area contributed by atoms with Crippen molar-refractivity contribution < 1.29 is 4.79 Å². The van der Waals surface area contributed by atoms with E-state index in [1.165, 1.54) is 6.42 Å². The summed E-state index contributed by atoms with van der Waals surface area (Å²) in [4.78, 5) is 17.6. The molecule has 0 aliphatic carbocycles. The van der Waals surface area contributed by atoms with E-state index in [-0.39, 0.29) is 5.91 Å². The minimum absolute atomic E-state index is 0.0238. The number of carbonyl (C=O) groups excluding carboxylic acids is 1. The van der Waals surface area contributed by atoms with E-state index in [1.807, 2.05) is 12.1 Å². The fraction of sp³-hybridized carbons (Fsp3) is 0.600. The lowest BCUT2D eigenvalue weighted by Crippen LogP contribution is -2.28. The molecule has 0 radical (unpaired) electrons. The molecule has 1 aromatic rings. The van der Waals surface area contributed by atoms with Crippen molar-refractivity contribution in [1.29, 1.82) is 0 Å². The molecule has 1 aromatic heterocycles. The number of carbonyl (C=O) groups is 1. The zero-order valence-electron chi connectivity index (χ0n) is 13.0. The van der Waals surface area contributed by atoms with Gasteiger partial charge in [0.2, 0.25) is 0 Å². The fourth-order valence-corrected chi connectivity index (χ4v) is 2.46. The summed E-state index contributed by atoms with van der Waals surface area (Å²) in [6.07, 6.45) is 3.92. The molecule has 2 unspecified atom stereocenters. The highest BCUT2D eigenvalue weighted by atomic mass is 16.2. The maximum absolute atomic E-state index is 11.7. The van der Waals surface area contributed by atoms with E-state index < -0.39 is 0 Å². The van der Waals surface area contributed by atoms with E-state index in [1.54, 1.807) is 25.2 Å². The molecule has 0 bridgehead atoms. The van der Waals surface area contributed by atoms with Crippen LogP contribution in [0.1, 0.15) is 30.1 Å². The lowest BCUT2D eigenvalue weighted by molar-refractivity contribution is 0.0827. The summed E-state index contributed by atoms with van der Waals surface area (Å²) < 4.78 is 0. The molecule has 2 heterocycles. The number of hydrazine groups is 1. The summed E-state index contributed by atoms with van der Waals surface area (Å²) in [7, 11) is 3.48. The lowest BCUT2D eigenvalue weighted by Gasteiger charge is -2.14.